The van der Waals surface area contributed by atoms with E-state index in [4.69, 9.17) is 9.47 Å². The van der Waals surface area contributed by atoms with Crippen molar-refractivity contribution in [3.8, 4) is 11.5 Å². The molecule has 1 aromatic carbocycles. The van der Waals surface area contributed by atoms with Gasteiger partial charge in [-0.25, -0.2) is 0 Å². The number of fused-ring (bicyclic) bond motifs is 1. The molecule has 2 N–H and O–H groups in total. The molecular formula is C14H20N2O3S. The van der Waals surface area contributed by atoms with Crippen molar-refractivity contribution in [1.29, 1.82) is 0 Å². The highest BCUT2D eigenvalue weighted by molar-refractivity contribution is 7.98. The van der Waals surface area contributed by atoms with Crippen LogP contribution in [0.5, 0.6) is 11.5 Å². The Balaban J connectivity index is 2.12. The van der Waals surface area contributed by atoms with Gasteiger partial charge in [-0.2, -0.15) is 0 Å². The Morgan fingerprint density at radius 3 is 2.60 bits per heavy atom. The maximum atomic E-state index is 11.5. The molecule has 0 radical (unpaired) electrons. The molecule has 1 amide bonds. The normalized spacial score (nSPS) is 14.8. The van der Waals surface area contributed by atoms with Crippen molar-refractivity contribution in [3.05, 3.63) is 17.7 Å². The fourth-order valence-corrected chi connectivity index (χ4v) is 2.63. The molecule has 5 nitrogen and oxygen atoms in total. The number of hydrogen-bond acceptors (Lipinski definition) is 5. The van der Waals surface area contributed by atoms with Crippen molar-refractivity contribution in [2.45, 2.75) is 24.4 Å². The molecule has 20 heavy (non-hydrogen) atoms. The SMILES string of the molecule is CNC(=O)C(C)NCc1cc2c(cc1SC)OCCO2. The van der Waals surface area contributed by atoms with Gasteiger partial charge in [-0.3, -0.25) is 4.79 Å². The van der Waals surface area contributed by atoms with Crippen LogP contribution in [-0.2, 0) is 11.3 Å². The highest BCUT2D eigenvalue weighted by Gasteiger charge is 2.17. The fraction of sp³-hybridized carbons (Fsp3) is 0.500. The number of nitrogens with one attached hydrogen (secondary N) is 2. The van der Waals surface area contributed by atoms with Crippen LogP contribution in [0.3, 0.4) is 0 Å². The monoisotopic (exact) mass is 296 g/mol. The lowest BCUT2D eigenvalue weighted by atomic mass is 10.1. The van der Waals surface area contributed by atoms with Gasteiger partial charge >= 0.3 is 0 Å². The second-order valence-corrected chi connectivity index (χ2v) is 5.37. The number of carbonyl (C=O) groups excluding carboxylic acids is 1. The Morgan fingerprint density at radius 1 is 1.35 bits per heavy atom. The maximum Gasteiger partial charge on any atom is 0.236 e. The lowest BCUT2D eigenvalue weighted by Crippen LogP contribution is -2.40. The first-order valence-electron chi connectivity index (χ1n) is 6.57. The summed E-state index contributed by atoms with van der Waals surface area (Å²) >= 11 is 1.66. The number of thioether (sulfide) groups is 1. The summed E-state index contributed by atoms with van der Waals surface area (Å²) in [5, 5.41) is 5.84. The topological polar surface area (TPSA) is 59.6 Å². The number of ether oxygens (including phenoxy) is 2. The minimum atomic E-state index is -0.233. The first kappa shape index (κ1) is 15.0. The Bertz CT molecular complexity index is 494. The Hall–Kier alpha value is -1.40. The molecule has 110 valence electrons. The predicted octanol–water partition coefficient (Wildman–Crippen LogP) is 1.40. The van der Waals surface area contributed by atoms with Gasteiger partial charge in [0.15, 0.2) is 11.5 Å². The van der Waals surface area contributed by atoms with Crippen LogP contribution in [0.15, 0.2) is 17.0 Å². The summed E-state index contributed by atoms with van der Waals surface area (Å²) in [6.07, 6.45) is 2.02. The van der Waals surface area contributed by atoms with Crippen LogP contribution in [0.25, 0.3) is 0 Å². The molecule has 6 heteroatoms. The molecule has 1 aromatic rings. The third-order valence-corrected chi connectivity index (χ3v) is 4.00. The van der Waals surface area contributed by atoms with Crippen molar-refractivity contribution >= 4 is 17.7 Å². The van der Waals surface area contributed by atoms with Crippen LogP contribution in [0.1, 0.15) is 12.5 Å². The summed E-state index contributed by atoms with van der Waals surface area (Å²) in [6.45, 7) is 3.62. The van der Waals surface area contributed by atoms with E-state index < -0.39 is 0 Å². The minimum Gasteiger partial charge on any atom is -0.486 e. The lowest BCUT2D eigenvalue weighted by Gasteiger charge is -2.21. The molecule has 1 aliphatic rings. The first-order chi connectivity index (χ1) is 9.65. The van der Waals surface area contributed by atoms with E-state index in [0.717, 1.165) is 22.0 Å². The van der Waals surface area contributed by atoms with Crippen LogP contribution in [0, 0.1) is 0 Å². The van der Waals surface area contributed by atoms with Gasteiger partial charge in [-0.15, -0.1) is 11.8 Å². The quantitative estimate of drug-likeness (QED) is 0.805. The zero-order chi connectivity index (χ0) is 14.5. The standard InChI is InChI=1S/C14H20N2O3S/c1-9(14(17)15-2)16-8-10-6-11-12(7-13(10)20-3)19-5-4-18-11/h6-7,9,16H,4-5,8H2,1-3H3,(H,15,17). The number of benzene rings is 1. The van der Waals surface area contributed by atoms with Crippen molar-refractivity contribution in [1.82, 2.24) is 10.6 Å². The molecule has 1 heterocycles. The van der Waals surface area contributed by atoms with Crippen LogP contribution in [0.4, 0.5) is 0 Å². The summed E-state index contributed by atoms with van der Waals surface area (Å²) in [5.41, 5.74) is 1.11. The smallest absolute Gasteiger partial charge is 0.236 e. The second kappa shape index (κ2) is 6.85. The Morgan fingerprint density at radius 2 is 2.00 bits per heavy atom. The lowest BCUT2D eigenvalue weighted by molar-refractivity contribution is -0.122. The van der Waals surface area contributed by atoms with Gasteiger partial charge in [0.25, 0.3) is 0 Å². The van der Waals surface area contributed by atoms with E-state index in [9.17, 15) is 4.79 Å². The molecule has 0 saturated heterocycles. The first-order valence-corrected chi connectivity index (χ1v) is 7.79. The van der Waals surface area contributed by atoms with Crippen LogP contribution in [0.2, 0.25) is 0 Å². The molecule has 0 fully saturated rings. The van der Waals surface area contributed by atoms with E-state index >= 15 is 0 Å². The molecule has 0 aromatic heterocycles. The molecule has 0 aliphatic carbocycles. The van der Waals surface area contributed by atoms with Gasteiger partial charge in [0.2, 0.25) is 5.91 Å². The molecule has 0 spiro atoms. The minimum absolute atomic E-state index is 0.0201. The van der Waals surface area contributed by atoms with E-state index in [2.05, 4.69) is 10.6 Å². The molecule has 0 bridgehead atoms. The van der Waals surface area contributed by atoms with Crippen molar-refractivity contribution in [3.63, 3.8) is 0 Å². The number of likely N-dealkylation sites (N-methyl/N-ethyl adjacent to an activating group) is 1. The molecule has 1 atom stereocenters. The summed E-state index contributed by atoms with van der Waals surface area (Å²) in [4.78, 5) is 12.6. The van der Waals surface area contributed by atoms with Gasteiger partial charge in [0.1, 0.15) is 13.2 Å². The van der Waals surface area contributed by atoms with Crippen LogP contribution in [-0.4, -0.2) is 38.5 Å². The van der Waals surface area contributed by atoms with Crippen LogP contribution >= 0.6 is 11.8 Å². The largest absolute Gasteiger partial charge is 0.486 e. The van der Waals surface area contributed by atoms with Gasteiger partial charge in [0.05, 0.1) is 6.04 Å². The zero-order valence-electron chi connectivity index (χ0n) is 12.0. The van der Waals surface area contributed by atoms with Crippen molar-refractivity contribution in [2.24, 2.45) is 0 Å². The number of carbonyl (C=O) groups is 1. The highest BCUT2D eigenvalue weighted by atomic mass is 32.2. The Labute approximate surface area is 123 Å². The maximum absolute atomic E-state index is 11.5. The average molecular weight is 296 g/mol. The molecule has 1 aliphatic heterocycles. The number of rotatable bonds is 5. The van der Waals surface area contributed by atoms with Crippen molar-refractivity contribution < 1.29 is 14.3 Å². The number of hydrogen-bond donors (Lipinski definition) is 2. The third-order valence-electron chi connectivity index (χ3n) is 3.18. The van der Waals surface area contributed by atoms with E-state index in [1.807, 2.05) is 25.3 Å². The van der Waals surface area contributed by atoms with Crippen LogP contribution < -0.4 is 20.1 Å². The Kier molecular flexibility index (Phi) is 5.14. The number of amides is 1. The fourth-order valence-electron chi connectivity index (χ4n) is 2.01. The van der Waals surface area contributed by atoms with E-state index in [0.29, 0.717) is 19.8 Å². The second-order valence-electron chi connectivity index (χ2n) is 4.52. The van der Waals surface area contributed by atoms with Gasteiger partial charge < -0.3 is 20.1 Å². The van der Waals surface area contributed by atoms with Gasteiger partial charge in [-0.05, 0) is 30.9 Å². The van der Waals surface area contributed by atoms with E-state index in [-0.39, 0.29) is 11.9 Å². The van der Waals surface area contributed by atoms with Gasteiger partial charge in [0, 0.05) is 18.5 Å². The third kappa shape index (κ3) is 3.37. The highest BCUT2D eigenvalue weighted by Crippen LogP contribution is 2.36. The molecule has 1 unspecified atom stereocenters. The molecule has 0 saturated carbocycles. The van der Waals surface area contributed by atoms with E-state index in [1.54, 1.807) is 18.8 Å². The zero-order valence-corrected chi connectivity index (χ0v) is 12.8. The molecule has 2 rings (SSSR count). The van der Waals surface area contributed by atoms with Gasteiger partial charge in [-0.1, -0.05) is 0 Å². The average Bonchev–Trinajstić information content (AvgIpc) is 2.50. The molecular weight excluding hydrogens is 276 g/mol. The van der Waals surface area contributed by atoms with E-state index in [1.165, 1.54) is 0 Å². The van der Waals surface area contributed by atoms with Crippen molar-refractivity contribution in [2.75, 3.05) is 26.5 Å². The summed E-state index contributed by atoms with van der Waals surface area (Å²) < 4.78 is 11.2. The summed E-state index contributed by atoms with van der Waals surface area (Å²) in [7, 11) is 1.64. The predicted molar refractivity (Wildman–Crippen MR) is 79.6 cm³/mol. The summed E-state index contributed by atoms with van der Waals surface area (Å²) in [5.74, 6) is 1.55. The summed E-state index contributed by atoms with van der Waals surface area (Å²) in [6, 6.07) is 3.76.